The number of nitrogens with one attached hydrogen (secondary N) is 2. The molecule has 8 bridgehead atoms. The second-order valence-corrected chi connectivity index (χ2v) is 19.1. The maximum atomic E-state index is 13.7. The number of benzene rings is 2. The average molecular weight is 790 g/mol. The number of morpholine rings is 1. The van der Waals surface area contributed by atoms with Gasteiger partial charge in [-0.15, -0.1) is 0 Å². The number of aromatic nitrogens is 4. The van der Waals surface area contributed by atoms with Gasteiger partial charge >= 0.3 is 0 Å². The molecule has 0 spiro atoms. The molecule has 10 nitrogen and oxygen atoms in total. The van der Waals surface area contributed by atoms with Crippen LogP contribution in [0.15, 0.2) is 73.1 Å². The predicted octanol–water partition coefficient (Wildman–Crippen LogP) is 8.12. The summed E-state index contributed by atoms with van der Waals surface area (Å²) < 4.78 is 9.52. The number of carbonyl (C=O) groups excluding carboxylic acids is 2. The minimum absolute atomic E-state index is 0.0338. The van der Waals surface area contributed by atoms with Gasteiger partial charge in [0.2, 0.25) is 0 Å². The number of amides is 2. The van der Waals surface area contributed by atoms with Crippen molar-refractivity contribution in [3.63, 3.8) is 0 Å². The molecule has 9 fully saturated rings. The fourth-order valence-corrected chi connectivity index (χ4v) is 13.2. The first kappa shape index (κ1) is 37.1. The molecule has 11 heteroatoms. The van der Waals surface area contributed by atoms with E-state index in [1.54, 1.807) is 17.1 Å². The predicted molar refractivity (Wildman–Crippen MR) is 221 cm³/mol. The van der Waals surface area contributed by atoms with Gasteiger partial charge < -0.3 is 20.3 Å². The fraction of sp³-hybridized carbons (Fsp3) is 0.565. The highest BCUT2D eigenvalue weighted by Gasteiger charge is 2.50. The molecule has 4 aromatic rings. The van der Waals surface area contributed by atoms with E-state index in [9.17, 15) is 9.59 Å². The zero-order chi connectivity index (χ0) is 38.8. The fourth-order valence-electron chi connectivity index (χ4n) is 12.9. The Kier molecular flexibility index (Phi) is 9.92. The van der Waals surface area contributed by atoms with E-state index in [1.807, 2.05) is 65.3 Å². The van der Waals surface area contributed by atoms with Crippen LogP contribution in [0.25, 0.3) is 11.4 Å². The smallest absolute Gasteiger partial charge is 0.256 e. The summed E-state index contributed by atoms with van der Waals surface area (Å²) >= 11 is 6.46. The molecule has 57 heavy (non-hydrogen) atoms. The molecule has 2 amide bonds. The Morgan fingerprint density at radius 1 is 0.596 bits per heavy atom. The Bertz CT molecular complexity index is 2020. The molecule has 2 atom stereocenters. The number of carbonyl (C=O) groups is 2. The van der Waals surface area contributed by atoms with Crippen LogP contribution in [-0.4, -0.2) is 68.8 Å². The van der Waals surface area contributed by atoms with Crippen LogP contribution in [0.4, 0.5) is 5.82 Å². The molecular weight excluding hydrogens is 734 g/mol. The summed E-state index contributed by atoms with van der Waals surface area (Å²) in [6.07, 6.45) is 16.8. The third-order valence-corrected chi connectivity index (χ3v) is 15.1. The summed E-state index contributed by atoms with van der Waals surface area (Å²) in [4.78, 5) is 28.8. The standard InChI is InChI=1S/C26H34N4O2.C20H22ClN3O/c1-16-14-29(15-17(2)32-16)26-23(13-27-30(26)22-6-4-3-5-7-22)25(31)28-24-20-9-18-8-19(11-20)12-21(24)10-18;21-19-17(11-22-24(19)16-4-2-1-3-5-16)20(25)23-18-14-7-12-6-13(9-14)10-15(18)8-12/h3-7,13,16-21,24H,8-12,14-15H2,1-2H3,(H,28,31);1-5,11-15,18H,6-10H2,(H,23,25). The number of anilines is 1. The Morgan fingerprint density at radius 3 is 1.47 bits per heavy atom. The van der Waals surface area contributed by atoms with Crippen molar-refractivity contribution >= 4 is 29.2 Å². The lowest BCUT2D eigenvalue weighted by Crippen LogP contribution is -2.56. The molecule has 2 aromatic carbocycles. The summed E-state index contributed by atoms with van der Waals surface area (Å²) in [5.74, 6) is 7.08. The molecule has 8 saturated carbocycles. The Hall–Kier alpha value is -4.15. The van der Waals surface area contributed by atoms with Crippen molar-refractivity contribution in [2.45, 2.75) is 102 Å². The van der Waals surface area contributed by atoms with Gasteiger partial charge in [0, 0.05) is 25.2 Å². The summed E-state index contributed by atoms with van der Waals surface area (Å²) in [6.45, 7) is 5.70. The van der Waals surface area contributed by atoms with Crippen LogP contribution in [0.3, 0.4) is 0 Å². The number of para-hydroxylation sites is 2. The normalized spacial score (nSPS) is 34.5. The highest BCUT2D eigenvalue weighted by molar-refractivity contribution is 6.33. The van der Waals surface area contributed by atoms with Crippen LogP contribution < -0.4 is 15.5 Å². The minimum atomic E-state index is -0.0790. The third-order valence-electron chi connectivity index (χ3n) is 14.7. The van der Waals surface area contributed by atoms with E-state index in [0.717, 1.165) is 54.0 Å². The summed E-state index contributed by atoms with van der Waals surface area (Å²) in [7, 11) is 0. The van der Waals surface area contributed by atoms with Gasteiger partial charge in [-0.25, -0.2) is 9.36 Å². The van der Waals surface area contributed by atoms with Crippen molar-refractivity contribution in [3.8, 4) is 11.4 Å². The van der Waals surface area contributed by atoms with E-state index < -0.39 is 0 Å². The number of ether oxygens (including phenoxy) is 1. The largest absolute Gasteiger partial charge is 0.372 e. The highest BCUT2D eigenvalue weighted by atomic mass is 35.5. The summed E-state index contributed by atoms with van der Waals surface area (Å²) in [5, 5.41) is 16.2. The molecule has 9 aliphatic rings. The van der Waals surface area contributed by atoms with E-state index in [1.165, 1.54) is 64.2 Å². The molecule has 300 valence electrons. The molecule has 1 saturated heterocycles. The van der Waals surface area contributed by atoms with E-state index >= 15 is 0 Å². The first-order valence-electron chi connectivity index (χ1n) is 21.7. The number of hydrogen-bond donors (Lipinski definition) is 2. The zero-order valence-electron chi connectivity index (χ0n) is 33.2. The second kappa shape index (κ2) is 15.2. The van der Waals surface area contributed by atoms with E-state index in [4.69, 9.17) is 21.4 Å². The van der Waals surface area contributed by atoms with Crippen molar-refractivity contribution in [2.75, 3.05) is 18.0 Å². The van der Waals surface area contributed by atoms with Crippen molar-refractivity contribution < 1.29 is 14.3 Å². The van der Waals surface area contributed by atoms with Crippen LogP contribution in [0.5, 0.6) is 0 Å². The zero-order valence-corrected chi connectivity index (χ0v) is 33.9. The van der Waals surface area contributed by atoms with Crippen molar-refractivity contribution in [2.24, 2.45) is 47.3 Å². The second-order valence-electron chi connectivity index (χ2n) is 18.7. The van der Waals surface area contributed by atoms with Crippen molar-refractivity contribution in [3.05, 3.63) is 89.3 Å². The molecule has 13 rings (SSSR count). The third kappa shape index (κ3) is 7.19. The lowest BCUT2D eigenvalue weighted by molar-refractivity contribution is -0.0120. The molecule has 3 heterocycles. The monoisotopic (exact) mass is 789 g/mol. The highest BCUT2D eigenvalue weighted by Crippen LogP contribution is 2.55. The van der Waals surface area contributed by atoms with Crippen LogP contribution in [0, 0.1) is 47.3 Å². The van der Waals surface area contributed by atoms with Crippen LogP contribution in [0.2, 0.25) is 5.15 Å². The summed E-state index contributed by atoms with van der Waals surface area (Å²) in [5.41, 5.74) is 2.99. The van der Waals surface area contributed by atoms with Gasteiger partial charge in [0.25, 0.3) is 11.8 Å². The van der Waals surface area contributed by atoms with Crippen LogP contribution in [0.1, 0.15) is 98.8 Å². The quantitative estimate of drug-likeness (QED) is 0.196. The van der Waals surface area contributed by atoms with Gasteiger partial charge in [0.05, 0.1) is 41.5 Å². The lowest BCUT2D eigenvalue weighted by atomic mass is 9.54. The molecule has 8 aliphatic carbocycles. The maximum Gasteiger partial charge on any atom is 0.256 e. The molecule has 2 aromatic heterocycles. The van der Waals surface area contributed by atoms with E-state index in [0.29, 0.717) is 52.0 Å². The first-order valence-corrected chi connectivity index (χ1v) is 22.1. The lowest BCUT2D eigenvalue weighted by Gasteiger charge is -2.54. The molecule has 2 N–H and O–H groups in total. The number of halogens is 1. The van der Waals surface area contributed by atoms with E-state index in [2.05, 4.69) is 34.5 Å². The van der Waals surface area contributed by atoms with Gasteiger partial charge in [-0.1, -0.05) is 48.0 Å². The first-order chi connectivity index (χ1) is 27.7. The molecule has 1 aliphatic heterocycles. The van der Waals surface area contributed by atoms with Crippen molar-refractivity contribution in [1.82, 2.24) is 30.2 Å². The Balaban J connectivity index is 0.000000143. The molecular formula is C46H56ClN7O3. The van der Waals surface area contributed by atoms with E-state index in [-0.39, 0.29) is 24.0 Å². The SMILES string of the molecule is CC1CN(c2c(C(=O)NC3C4CC5CC(C4)CC3C5)cnn2-c2ccccc2)CC(C)O1.O=C(NC1C2CC3CC(C2)CC1C3)c1cnn(-c2ccccc2)c1Cl. The minimum Gasteiger partial charge on any atom is -0.372 e. The summed E-state index contributed by atoms with van der Waals surface area (Å²) in [6, 6.07) is 20.4. The number of rotatable bonds is 7. The number of nitrogens with zero attached hydrogens (tertiary/aromatic N) is 5. The topological polar surface area (TPSA) is 106 Å². The Labute approximate surface area is 341 Å². The maximum absolute atomic E-state index is 13.7. The molecule has 2 unspecified atom stereocenters. The molecule has 0 radical (unpaired) electrons. The Morgan fingerprint density at radius 2 is 1.00 bits per heavy atom. The van der Waals surface area contributed by atoms with Crippen LogP contribution in [-0.2, 0) is 4.74 Å². The van der Waals surface area contributed by atoms with Gasteiger partial charge in [0.1, 0.15) is 16.5 Å². The van der Waals surface area contributed by atoms with Gasteiger partial charge in [-0.2, -0.15) is 10.2 Å². The average Bonchev–Trinajstić information content (AvgIpc) is 3.82. The van der Waals surface area contributed by atoms with Crippen LogP contribution >= 0.6 is 11.6 Å². The van der Waals surface area contributed by atoms with Gasteiger partial charge in [0.15, 0.2) is 0 Å². The van der Waals surface area contributed by atoms with Crippen molar-refractivity contribution in [1.29, 1.82) is 0 Å². The number of hydrogen-bond acceptors (Lipinski definition) is 6. The van der Waals surface area contributed by atoms with Gasteiger partial charge in [-0.05, 0) is 150 Å². The van der Waals surface area contributed by atoms with Gasteiger partial charge in [-0.3, -0.25) is 9.59 Å².